The number of hydrogen-bond acceptors (Lipinski definition) is 4. The predicted octanol–water partition coefficient (Wildman–Crippen LogP) is 4.25. The summed E-state index contributed by atoms with van der Waals surface area (Å²) in [5.74, 6) is -0.0857. The number of hydrogen-bond donors (Lipinski definition) is 2. The fraction of sp³-hybridized carbons (Fsp3) is 0.292. The maximum absolute atomic E-state index is 13.7. The van der Waals surface area contributed by atoms with Crippen LogP contribution in [-0.4, -0.2) is 27.6 Å². The van der Waals surface area contributed by atoms with Gasteiger partial charge >= 0.3 is 0 Å². The summed E-state index contributed by atoms with van der Waals surface area (Å²) in [5, 5.41) is 5.19. The third-order valence-corrected chi connectivity index (χ3v) is 5.62. The van der Waals surface area contributed by atoms with Crippen molar-refractivity contribution in [1.29, 1.82) is 0 Å². The highest BCUT2D eigenvalue weighted by Crippen LogP contribution is 2.34. The summed E-state index contributed by atoms with van der Waals surface area (Å²) in [4.78, 5) is 29.9. The van der Waals surface area contributed by atoms with E-state index in [0.717, 1.165) is 11.1 Å². The van der Waals surface area contributed by atoms with Crippen molar-refractivity contribution >= 4 is 11.4 Å². The number of Topliss-reactive ketones (excluding diaryl/α,β-unsaturated/α-hetero) is 1. The molecular weight excluding hydrogens is 397 g/mol. The number of nitrogens with one attached hydrogen (secondary N) is 2. The molecule has 3 aromatic rings. The lowest BCUT2D eigenvalue weighted by atomic mass is 9.84. The molecule has 1 atom stereocenters. The molecular formula is C24H24FN3O3. The summed E-state index contributed by atoms with van der Waals surface area (Å²) in [7, 11) is 0. The number of rotatable bonds is 5. The normalized spacial score (nSPS) is 16.2. The van der Waals surface area contributed by atoms with E-state index < -0.39 is 5.92 Å². The first-order valence-electron chi connectivity index (χ1n) is 10.3. The van der Waals surface area contributed by atoms with E-state index in [1.807, 2.05) is 26.8 Å². The molecule has 3 heterocycles. The number of aromatic nitrogens is 3. The van der Waals surface area contributed by atoms with Gasteiger partial charge < -0.3 is 9.84 Å². The molecule has 1 aliphatic rings. The van der Waals surface area contributed by atoms with Gasteiger partial charge in [-0.25, -0.2) is 4.39 Å². The standard InChI is InChI=1S/C24H24FN3O3/c1-4-17(23(29)15-7-14-8-16(25)5-6-22(14)31-12-15)19-10-26-21(9-18(19)13(2)3)20-11-27-28-24(20)30/h4-6,8-11,13,15H,7,12H2,1-3H3,(H2,27,28,30)/b17-4+. The molecule has 0 radical (unpaired) electrons. The molecule has 0 saturated heterocycles. The van der Waals surface area contributed by atoms with Gasteiger partial charge in [-0.05, 0) is 54.7 Å². The average Bonchev–Trinajstić information content (AvgIpc) is 3.19. The van der Waals surface area contributed by atoms with E-state index in [0.29, 0.717) is 34.6 Å². The van der Waals surface area contributed by atoms with Gasteiger partial charge in [0.2, 0.25) is 0 Å². The molecule has 4 rings (SSSR count). The van der Waals surface area contributed by atoms with Crippen LogP contribution < -0.4 is 10.3 Å². The third kappa shape index (κ3) is 3.95. The maximum atomic E-state index is 13.7. The highest BCUT2D eigenvalue weighted by atomic mass is 19.1. The lowest BCUT2D eigenvalue weighted by Crippen LogP contribution is -2.29. The molecule has 0 fully saturated rings. The van der Waals surface area contributed by atoms with E-state index >= 15 is 0 Å². The molecule has 0 bridgehead atoms. The number of pyridine rings is 1. The molecule has 0 aliphatic carbocycles. The van der Waals surface area contributed by atoms with Crippen molar-refractivity contribution in [2.24, 2.45) is 5.92 Å². The zero-order valence-corrected chi connectivity index (χ0v) is 17.7. The molecule has 2 aromatic heterocycles. The Morgan fingerprint density at radius 1 is 1.32 bits per heavy atom. The van der Waals surface area contributed by atoms with Crippen LogP contribution in [0.2, 0.25) is 0 Å². The molecule has 2 N–H and O–H groups in total. The maximum Gasteiger partial charge on any atom is 0.273 e. The molecule has 1 aliphatic heterocycles. The topological polar surface area (TPSA) is 87.8 Å². The number of carbonyl (C=O) groups excluding carboxylic acids is 1. The van der Waals surface area contributed by atoms with Gasteiger partial charge in [-0.3, -0.25) is 19.7 Å². The fourth-order valence-electron chi connectivity index (χ4n) is 4.00. The van der Waals surface area contributed by atoms with Crippen LogP contribution in [0.25, 0.3) is 16.8 Å². The van der Waals surface area contributed by atoms with E-state index in [1.54, 1.807) is 24.5 Å². The molecule has 1 unspecified atom stereocenters. The fourth-order valence-corrected chi connectivity index (χ4v) is 4.00. The first-order chi connectivity index (χ1) is 14.9. The number of nitrogens with zero attached hydrogens (tertiary/aromatic N) is 1. The molecule has 0 amide bonds. The van der Waals surface area contributed by atoms with Gasteiger partial charge in [0.25, 0.3) is 5.56 Å². The smallest absolute Gasteiger partial charge is 0.273 e. The van der Waals surface area contributed by atoms with Crippen LogP contribution in [0.3, 0.4) is 0 Å². The summed E-state index contributed by atoms with van der Waals surface area (Å²) < 4.78 is 19.4. The number of allylic oxidation sites excluding steroid dienone is 2. The van der Waals surface area contributed by atoms with Crippen molar-refractivity contribution in [3.63, 3.8) is 0 Å². The second kappa shape index (κ2) is 8.34. The van der Waals surface area contributed by atoms with Crippen molar-refractivity contribution in [1.82, 2.24) is 15.2 Å². The first-order valence-corrected chi connectivity index (χ1v) is 10.3. The predicted molar refractivity (Wildman–Crippen MR) is 116 cm³/mol. The Bertz CT molecular complexity index is 1220. The van der Waals surface area contributed by atoms with Crippen molar-refractivity contribution in [3.8, 4) is 17.0 Å². The third-order valence-electron chi connectivity index (χ3n) is 5.62. The summed E-state index contributed by atoms with van der Waals surface area (Å²) in [5.41, 5.74) is 3.66. The van der Waals surface area contributed by atoms with Crippen molar-refractivity contribution in [2.75, 3.05) is 6.61 Å². The Morgan fingerprint density at radius 2 is 2.13 bits per heavy atom. The Labute approximate surface area is 179 Å². The number of H-pyrrole nitrogens is 2. The van der Waals surface area contributed by atoms with Gasteiger partial charge in [0.05, 0.1) is 23.8 Å². The van der Waals surface area contributed by atoms with Crippen LogP contribution in [0.5, 0.6) is 5.75 Å². The Hall–Kier alpha value is -3.48. The largest absolute Gasteiger partial charge is 0.493 e. The van der Waals surface area contributed by atoms with Gasteiger partial charge in [-0.15, -0.1) is 0 Å². The summed E-state index contributed by atoms with van der Waals surface area (Å²) in [6.07, 6.45) is 5.44. The molecule has 0 saturated carbocycles. The highest BCUT2D eigenvalue weighted by molar-refractivity contribution is 6.22. The number of benzene rings is 1. The van der Waals surface area contributed by atoms with Crippen molar-refractivity contribution in [3.05, 3.63) is 75.6 Å². The molecule has 31 heavy (non-hydrogen) atoms. The van der Waals surface area contributed by atoms with Crippen molar-refractivity contribution in [2.45, 2.75) is 33.1 Å². The highest BCUT2D eigenvalue weighted by Gasteiger charge is 2.30. The average molecular weight is 421 g/mol. The van der Waals surface area contributed by atoms with Gasteiger partial charge in [0.15, 0.2) is 5.78 Å². The Morgan fingerprint density at radius 3 is 2.81 bits per heavy atom. The van der Waals surface area contributed by atoms with Gasteiger partial charge in [-0.2, -0.15) is 0 Å². The minimum atomic E-state index is -0.410. The van der Waals surface area contributed by atoms with Crippen LogP contribution in [-0.2, 0) is 11.2 Å². The zero-order valence-electron chi connectivity index (χ0n) is 17.7. The monoisotopic (exact) mass is 421 g/mol. The van der Waals surface area contributed by atoms with Gasteiger partial charge in [-0.1, -0.05) is 19.9 Å². The van der Waals surface area contributed by atoms with Crippen LogP contribution in [0.1, 0.15) is 43.4 Å². The molecule has 1 aromatic carbocycles. The van der Waals surface area contributed by atoms with E-state index in [-0.39, 0.29) is 29.7 Å². The lowest BCUT2D eigenvalue weighted by Gasteiger charge is -2.26. The van der Waals surface area contributed by atoms with E-state index in [9.17, 15) is 14.0 Å². The van der Waals surface area contributed by atoms with E-state index in [1.165, 1.54) is 12.1 Å². The Balaban J connectivity index is 1.68. The van der Waals surface area contributed by atoms with Gasteiger partial charge in [0, 0.05) is 23.5 Å². The van der Waals surface area contributed by atoms with Crippen LogP contribution in [0, 0.1) is 11.7 Å². The summed E-state index contributed by atoms with van der Waals surface area (Å²) in [6.45, 7) is 6.13. The van der Waals surface area contributed by atoms with E-state index in [4.69, 9.17) is 4.74 Å². The quantitative estimate of drug-likeness (QED) is 0.603. The second-order valence-corrected chi connectivity index (χ2v) is 8.00. The SMILES string of the molecule is C/C=C(/C(=O)C1COc2ccc(F)cc2C1)c1cnc(-c2c[nH][nH]c2=O)cc1C(C)C. The van der Waals surface area contributed by atoms with E-state index in [2.05, 4.69) is 15.2 Å². The van der Waals surface area contributed by atoms with Crippen LogP contribution >= 0.6 is 0 Å². The number of carbonyl (C=O) groups is 1. The van der Waals surface area contributed by atoms with Gasteiger partial charge in [0.1, 0.15) is 11.6 Å². The number of fused-ring (bicyclic) bond motifs is 1. The van der Waals surface area contributed by atoms with Crippen molar-refractivity contribution < 1.29 is 13.9 Å². The lowest BCUT2D eigenvalue weighted by molar-refractivity contribution is -0.118. The summed E-state index contributed by atoms with van der Waals surface area (Å²) >= 11 is 0. The Kier molecular flexibility index (Phi) is 5.59. The first kappa shape index (κ1) is 20.8. The molecule has 6 nitrogen and oxygen atoms in total. The molecule has 7 heteroatoms. The molecule has 160 valence electrons. The van der Waals surface area contributed by atoms with Crippen LogP contribution in [0.4, 0.5) is 4.39 Å². The summed E-state index contributed by atoms with van der Waals surface area (Å²) in [6, 6.07) is 6.24. The number of ether oxygens (including phenoxy) is 1. The number of halogens is 1. The zero-order chi connectivity index (χ0) is 22.1. The van der Waals surface area contributed by atoms with Crippen LogP contribution in [0.15, 0.2) is 47.5 Å². The second-order valence-electron chi connectivity index (χ2n) is 8.00. The molecule has 0 spiro atoms. The number of aromatic amines is 2. The number of ketones is 1. The minimum Gasteiger partial charge on any atom is -0.493 e. The minimum absolute atomic E-state index is 0.0617.